The summed E-state index contributed by atoms with van der Waals surface area (Å²) in [7, 11) is -6.63. The number of rotatable bonds is 2. The Morgan fingerprint density at radius 3 is 2.33 bits per heavy atom. The van der Waals surface area contributed by atoms with E-state index >= 15 is 0 Å². The quantitative estimate of drug-likeness (QED) is 0.666. The fraction of sp³-hybridized carbons (Fsp3) is 0.333. The minimum Gasteiger partial charge on any atom is -0.228 e. The Labute approximate surface area is 89.8 Å². The average Bonchev–Trinajstić information content (AvgIpc) is 2.12. The van der Waals surface area contributed by atoms with Crippen LogP contribution in [-0.4, -0.2) is 34.1 Å². The molecule has 84 valence electrons. The SMILES string of the molecule is C=C/C=C\C=C1/CS(=O)(=O)CCS1(=O)=O. The lowest BCUT2D eigenvalue weighted by molar-refractivity contribution is 0.585. The molecule has 1 aliphatic rings. The largest absolute Gasteiger partial charge is 0.228 e. The van der Waals surface area contributed by atoms with Gasteiger partial charge in [-0.15, -0.1) is 0 Å². The first-order valence-corrected chi connectivity index (χ1v) is 7.76. The van der Waals surface area contributed by atoms with E-state index in [9.17, 15) is 16.8 Å². The van der Waals surface area contributed by atoms with Gasteiger partial charge in [0.2, 0.25) is 0 Å². The third-order valence-electron chi connectivity index (χ3n) is 1.95. The van der Waals surface area contributed by atoms with Gasteiger partial charge in [-0.25, -0.2) is 16.8 Å². The van der Waals surface area contributed by atoms with Crippen molar-refractivity contribution >= 4 is 19.7 Å². The average molecular weight is 248 g/mol. The van der Waals surface area contributed by atoms with Gasteiger partial charge >= 0.3 is 0 Å². The molecule has 0 N–H and O–H groups in total. The number of hydrogen-bond acceptors (Lipinski definition) is 4. The second-order valence-corrected chi connectivity index (χ2v) is 7.51. The maximum Gasteiger partial charge on any atom is 0.176 e. The van der Waals surface area contributed by atoms with Crippen LogP contribution in [0.2, 0.25) is 0 Å². The summed E-state index contributed by atoms with van der Waals surface area (Å²) >= 11 is 0. The molecule has 0 aromatic carbocycles. The Kier molecular flexibility index (Phi) is 3.51. The van der Waals surface area contributed by atoms with E-state index in [0.717, 1.165) is 0 Å². The molecule has 0 aromatic heterocycles. The molecule has 1 rings (SSSR count). The predicted octanol–water partition coefficient (Wildman–Crippen LogP) is 0.456. The van der Waals surface area contributed by atoms with Gasteiger partial charge in [0.1, 0.15) is 0 Å². The summed E-state index contributed by atoms with van der Waals surface area (Å²) in [6.07, 6.45) is 5.82. The van der Waals surface area contributed by atoms with Crippen molar-refractivity contribution in [2.24, 2.45) is 0 Å². The van der Waals surface area contributed by atoms with Crippen LogP contribution in [0, 0.1) is 0 Å². The maximum atomic E-state index is 11.5. The Hall–Kier alpha value is -0.880. The number of allylic oxidation sites excluding steroid dienone is 4. The van der Waals surface area contributed by atoms with Crippen LogP contribution in [0.25, 0.3) is 0 Å². The molecule has 0 spiro atoms. The molecule has 15 heavy (non-hydrogen) atoms. The van der Waals surface area contributed by atoms with E-state index in [1.54, 1.807) is 6.08 Å². The standard InChI is InChI=1S/C9H12O4S2/c1-2-3-4-5-9-8-14(10,11)6-7-15(9,12)13/h2-5H,1,6-8H2/b4-3-,9-5+. The van der Waals surface area contributed by atoms with Crippen LogP contribution in [0.1, 0.15) is 0 Å². The summed E-state index contributed by atoms with van der Waals surface area (Å²) in [5, 5.41) is 0. The fourth-order valence-electron chi connectivity index (χ4n) is 1.14. The molecule has 0 bridgehead atoms. The lowest BCUT2D eigenvalue weighted by Gasteiger charge is -2.14. The summed E-state index contributed by atoms with van der Waals surface area (Å²) in [5.74, 6) is -0.988. The molecule has 0 atom stereocenters. The molecular weight excluding hydrogens is 236 g/mol. The Bertz CT molecular complexity index is 506. The van der Waals surface area contributed by atoms with Gasteiger partial charge in [0.25, 0.3) is 0 Å². The molecule has 1 saturated heterocycles. The lowest BCUT2D eigenvalue weighted by Crippen LogP contribution is -2.30. The molecule has 4 nitrogen and oxygen atoms in total. The molecule has 1 fully saturated rings. The summed E-state index contributed by atoms with van der Waals surface area (Å²) in [6.45, 7) is 3.42. The molecule has 0 radical (unpaired) electrons. The van der Waals surface area contributed by atoms with E-state index < -0.39 is 25.4 Å². The van der Waals surface area contributed by atoms with E-state index in [0.29, 0.717) is 0 Å². The summed E-state index contributed by atoms with van der Waals surface area (Å²) in [5.41, 5.74) is 0. The van der Waals surface area contributed by atoms with Crippen molar-refractivity contribution in [2.75, 3.05) is 17.3 Å². The van der Waals surface area contributed by atoms with Crippen molar-refractivity contribution < 1.29 is 16.8 Å². The molecule has 0 unspecified atom stereocenters. The fourth-order valence-corrected chi connectivity index (χ4v) is 5.51. The minimum atomic E-state index is -3.38. The third-order valence-corrected chi connectivity index (χ3v) is 5.79. The van der Waals surface area contributed by atoms with Crippen molar-refractivity contribution in [3.63, 3.8) is 0 Å². The van der Waals surface area contributed by atoms with Gasteiger partial charge in [0.05, 0.1) is 22.2 Å². The Morgan fingerprint density at radius 1 is 1.07 bits per heavy atom. The van der Waals surface area contributed by atoms with Gasteiger partial charge in [-0.3, -0.25) is 0 Å². The van der Waals surface area contributed by atoms with Crippen LogP contribution >= 0.6 is 0 Å². The van der Waals surface area contributed by atoms with Crippen LogP contribution in [0.4, 0.5) is 0 Å². The maximum absolute atomic E-state index is 11.5. The smallest absolute Gasteiger partial charge is 0.176 e. The Morgan fingerprint density at radius 2 is 1.73 bits per heavy atom. The van der Waals surface area contributed by atoms with Crippen LogP contribution in [-0.2, 0) is 19.7 Å². The lowest BCUT2D eigenvalue weighted by atomic mass is 10.4. The van der Waals surface area contributed by atoms with E-state index in [2.05, 4.69) is 6.58 Å². The molecule has 0 amide bonds. The van der Waals surface area contributed by atoms with Gasteiger partial charge in [-0.05, 0) is 6.08 Å². The molecule has 0 aliphatic carbocycles. The van der Waals surface area contributed by atoms with Gasteiger partial charge in [0, 0.05) is 0 Å². The van der Waals surface area contributed by atoms with Crippen LogP contribution in [0.15, 0.2) is 35.8 Å². The highest BCUT2D eigenvalue weighted by Crippen LogP contribution is 2.17. The minimum absolute atomic E-state index is 0.0353. The second kappa shape index (κ2) is 4.32. The third kappa shape index (κ3) is 3.32. The second-order valence-electron chi connectivity index (χ2n) is 3.16. The van der Waals surface area contributed by atoms with E-state index in [4.69, 9.17) is 0 Å². The first kappa shape index (κ1) is 12.2. The summed E-state index contributed by atoms with van der Waals surface area (Å²) in [6, 6.07) is 0. The molecule has 0 aromatic rings. The normalized spacial score (nSPS) is 26.8. The zero-order valence-corrected chi connectivity index (χ0v) is 9.72. The zero-order chi connectivity index (χ0) is 11.5. The van der Waals surface area contributed by atoms with Crippen LogP contribution in [0.5, 0.6) is 0 Å². The van der Waals surface area contributed by atoms with Gasteiger partial charge in [-0.2, -0.15) is 0 Å². The molecule has 1 heterocycles. The van der Waals surface area contributed by atoms with Gasteiger partial charge in [0.15, 0.2) is 19.7 Å². The first-order valence-electron chi connectivity index (χ1n) is 4.29. The molecule has 1 aliphatic heterocycles. The summed E-state index contributed by atoms with van der Waals surface area (Å²) in [4.78, 5) is -0.0353. The zero-order valence-electron chi connectivity index (χ0n) is 8.09. The highest BCUT2D eigenvalue weighted by Gasteiger charge is 2.30. The monoisotopic (exact) mass is 248 g/mol. The summed E-state index contributed by atoms with van der Waals surface area (Å²) < 4.78 is 45.4. The van der Waals surface area contributed by atoms with E-state index in [1.807, 2.05) is 0 Å². The highest BCUT2D eigenvalue weighted by molar-refractivity contribution is 8.01. The van der Waals surface area contributed by atoms with Gasteiger partial charge < -0.3 is 0 Å². The first-order chi connectivity index (χ1) is 6.87. The van der Waals surface area contributed by atoms with Crippen molar-refractivity contribution in [3.05, 3.63) is 35.8 Å². The highest BCUT2D eigenvalue weighted by atomic mass is 32.2. The Balaban J connectivity index is 3.07. The molecular formula is C9H12O4S2. The van der Waals surface area contributed by atoms with Gasteiger partial charge in [-0.1, -0.05) is 24.8 Å². The van der Waals surface area contributed by atoms with Crippen molar-refractivity contribution in [3.8, 4) is 0 Å². The van der Waals surface area contributed by atoms with Crippen molar-refractivity contribution in [1.82, 2.24) is 0 Å². The number of sulfone groups is 2. The number of hydrogen-bond donors (Lipinski definition) is 0. The topological polar surface area (TPSA) is 68.3 Å². The van der Waals surface area contributed by atoms with Crippen LogP contribution in [0.3, 0.4) is 0 Å². The molecule has 6 heteroatoms. The predicted molar refractivity (Wildman–Crippen MR) is 59.9 cm³/mol. The van der Waals surface area contributed by atoms with Crippen molar-refractivity contribution in [2.45, 2.75) is 0 Å². The van der Waals surface area contributed by atoms with E-state index in [1.165, 1.54) is 18.2 Å². The van der Waals surface area contributed by atoms with E-state index in [-0.39, 0.29) is 16.4 Å². The molecule has 0 saturated carbocycles. The van der Waals surface area contributed by atoms with Crippen LogP contribution < -0.4 is 0 Å². The van der Waals surface area contributed by atoms with Crippen molar-refractivity contribution in [1.29, 1.82) is 0 Å².